The fourth-order valence-corrected chi connectivity index (χ4v) is 3.40. The molecule has 0 saturated carbocycles. The second kappa shape index (κ2) is 6.28. The van der Waals surface area contributed by atoms with Gasteiger partial charge in [-0.2, -0.15) is 0 Å². The lowest BCUT2D eigenvalue weighted by molar-refractivity contribution is 0.575. The van der Waals surface area contributed by atoms with E-state index in [1.54, 1.807) is 0 Å². The topological polar surface area (TPSA) is 24.4 Å². The van der Waals surface area contributed by atoms with Gasteiger partial charge in [0, 0.05) is 10.9 Å². The molecule has 0 bridgehead atoms. The number of anilines is 1. The van der Waals surface area contributed by atoms with Crippen molar-refractivity contribution in [2.45, 2.75) is 38.9 Å². The Morgan fingerprint density at radius 3 is 3.00 bits per heavy atom. The number of rotatable bonds is 4. The van der Waals surface area contributed by atoms with E-state index in [1.165, 1.54) is 12.0 Å². The molecule has 1 aromatic rings. The third kappa shape index (κ3) is 3.77. The van der Waals surface area contributed by atoms with Crippen LogP contribution in [0.15, 0.2) is 29.3 Å². The molecule has 1 heterocycles. The number of amidine groups is 1. The number of aliphatic imine (C=N–C) groups is 1. The van der Waals surface area contributed by atoms with Crippen molar-refractivity contribution in [3.05, 3.63) is 29.8 Å². The highest BCUT2D eigenvalue weighted by atomic mass is 32.2. The predicted octanol–water partition coefficient (Wildman–Crippen LogP) is 4.18. The molecule has 1 N–H and O–H groups in total. The number of aryl methyl sites for hydroxylation is 1. The Bertz CT molecular complexity index is 426. The Kier molecular flexibility index (Phi) is 4.70. The van der Waals surface area contributed by atoms with Gasteiger partial charge in [0.2, 0.25) is 0 Å². The van der Waals surface area contributed by atoms with Crippen LogP contribution in [-0.4, -0.2) is 17.0 Å². The van der Waals surface area contributed by atoms with Crippen LogP contribution in [0.4, 0.5) is 5.69 Å². The maximum atomic E-state index is 4.59. The highest BCUT2D eigenvalue weighted by molar-refractivity contribution is 8.15. The summed E-state index contributed by atoms with van der Waals surface area (Å²) in [6, 6.07) is 8.58. The van der Waals surface area contributed by atoms with Gasteiger partial charge in [0.05, 0.1) is 6.54 Å². The summed E-state index contributed by atoms with van der Waals surface area (Å²) in [7, 11) is 0. The van der Waals surface area contributed by atoms with Crippen molar-refractivity contribution >= 4 is 22.6 Å². The van der Waals surface area contributed by atoms with Gasteiger partial charge >= 0.3 is 0 Å². The van der Waals surface area contributed by atoms with Crippen molar-refractivity contribution in [1.82, 2.24) is 0 Å². The Morgan fingerprint density at radius 2 is 2.28 bits per heavy atom. The monoisotopic (exact) mass is 262 g/mol. The van der Waals surface area contributed by atoms with Crippen molar-refractivity contribution in [2.75, 3.05) is 11.9 Å². The summed E-state index contributed by atoms with van der Waals surface area (Å²) in [5.41, 5.74) is 2.52. The molecule has 98 valence electrons. The molecule has 0 aromatic heterocycles. The number of thioether (sulfide) groups is 1. The zero-order valence-corrected chi connectivity index (χ0v) is 12.3. The van der Waals surface area contributed by atoms with Gasteiger partial charge in [0.25, 0.3) is 0 Å². The van der Waals surface area contributed by atoms with Gasteiger partial charge in [0.1, 0.15) is 0 Å². The van der Waals surface area contributed by atoms with Crippen molar-refractivity contribution in [3.63, 3.8) is 0 Å². The highest BCUT2D eigenvalue weighted by Crippen LogP contribution is 2.27. The van der Waals surface area contributed by atoms with Crippen molar-refractivity contribution < 1.29 is 0 Å². The van der Waals surface area contributed by atoms with E-state index in [2.05, 4.69) is 55.3 Å². The third-order valence-electron chi connectivity index (χ3n) is 3.04. The molecule has 0 aliphatic carbocycles. The molecule has 2 rings (SSSR count). The summed E-state index contributed by atoms with van der Waals surface area (Å²) >= 11 is 1.89. The van der Waals surface area contributed by atoms with Gasteiger partial charge in [-0.3, -0.25) is 4.99 Å². The third-order valence-corrected chi connectivity index (χ3v) is 4.17. The Labute approximate surface area is 114 Å². The molecule has 0 amide bonds. The number of nitrogens with zero attached hydrogens (tertiary/aromatic N) is 1. The maximum absolute atomic E-state index is 4.59. The van der Waals surface area contributed by atoms with Crippen LogP contribution < -0.4 is 5.32 Å². The summed E-state index contributed by atoms with van der Waals surface area (Å²) in [4.78, 5) is 4.59. The molecule has 1 aliphatic heterocycles. The number of hydrogen-bond donors (Lipinski definition) is 1. The zero-order chi connectivity index (χ0) is 13.0. The van der Waals surface area contributed by atoms with Crippen LogP contribution in [0.5, 0.6) is 0 Å². The molecule has 0 radical (unpaired) electrons. The first-order valence-electron chi connectivity index (χ1n) is 6.74. The van der Waals surface area contributed by atoms with E-state index in [9.17, 15) is 0 Å². The standard InChI is InChI=1S/C15H22N2S/c1-4-12-6-5-7-13(9-12)17-15-16-10-14(18-15)8-11(2)3/h5-7,9,11,14H,4,8,10H2,1-3H3,(H,16,17). The van der Waals surface area contributed by atoms with Gasteiger partial charge in [-0.25, -0.2) is 0 Å². The van der Waals surface area contributed by atoms with E-state index >= 15 is 0 Å². The largest absolute Gasteiger partial charge is 0.335 e. The van der Waals surface area contributed by atoms with Crippen LogP contribution in [0.25, 0.3) is 0 Å². The molecule has 0 spiro atoms. The first-order chi connectivity index (χ1) is 8.67. The van der Waals surface area contributed by atoms with E-state index in [-0.39, 0.29) is 0 Å². The lowest BCUT2D eigenvalue weighted by Crippen LogP contribution is -2.09. The molecule has 0 saturated heterocycles. The molecule has 0 fully saturated rings. The molecule has 1 aliphatic rings. The van der Waals surface area contributed by atoms with Crippen LogP contribution in [0.1, 0.15) is 32.8 Å². The summed E-state index contributed by atoms with van der Waals surface area (Å²) in [5.74, 6) is 0.750. The molecule has 1 atom stereocenters. The second-order valence-corrected chi connectivity index (χ2v) is 6.48. The Hall–Kier alpha value is -0.960. The molecule has 3 heteroatoms. The first-order valence-corrected chi connectivity index (χ1v) is 7.62. The SMILES string of the molecule is CCc1cccc(NC2=NCC(CC(C)C)S2)c1. The molecular weight excluding hydrogens is 240 g/mol. The van der Waals surface area contributed by atoms with Gasteiger partial charge in [-0.1, -0.05) is 44.7 Å². The molecular formula is C15H22N2S. The fraction of sp³-hybridized carbons (Fsp3) is 0.533. The van der Waals surface area contributed by atoms with Crippen molar-refractivity contribution in [3.8, 4) is 0 Å². The normalized spacial score (nSPS) is 19.1. The number of hydrogen-bond acceptors (Lipinski definition) is 3. The van der Waals surface area contributed by atoms with Crippen LogP contribution in [-0.2, 0) is 6.42 Å². The average molecular weight is 262 g/mol. The Morgan fingerprint density at radius 1 is 1.44 bits per heavy atom. The van der Waals surface area contributed by atoms with Crippen molar-refractivity contribution in [1.29, 1.82) is 0 Å². The smallest absolute Gasteiger partial charge is 0.161 e. The van der Waals surface area contributed by atoms with Crippen LogP contribution in [0.3, 0.4) is 0 Å². The lowest BCUT2D eigenvalue weighted by Gasteiger charge is -2.11. The predicted molar refractivity (Wildman–Crippen MR) is 82.6 cm³/mol. The van der Waals surface area contributed by atoms with Gasteiger partial charge in [0.15, 0.2) is 5.17 Å². The van der Waals surface area contributed by atoms with Crippen LogP contribution >= 0.6 is 11.8 Å². The maximum Gasteiger partial charge on any atom is 0.161 e. The fourth-order valence-electron chi connectivity index (χ4n) is 2.13. The number of nitrogens with one attached hydrogen (secondary N) is 1. The summed E-state index contributed by atoms with van der Waals surface area (Å²) in [6.07, 6.45) is 2.32. The van der Waals surface area contributed by atoms with E-state index in [0.717, 1.165) is 29.7 Å². The number of benzene rings is 1. The quantitative estimate of drug-likeness (QED) is 0.880. The first kappa shape index (κ1) is 13.5. The minimum Gasteiger partial charge on any atom is -0.335 e. The lowest BCUT2D eigenvalue weighted by atomic mass is 10.1. The summed E-state index contributed by atoms with van der Waals surface area (Å²) in [6.45, 7) is 7.69. The average Bonchev–Trinajstić information content (AvgIpc) is 2.76. The van der Waals surface area contributed by atoms with E-state index < -0.39 is 0 Å². The summed E-state index contributed by atoms with van der Waals surface area (Å²) in [5, 5.41) is 5.16. The van der Waals surface area contributed by atoms with Gasteiger partial charge in [-0.15, -0.1) is 0 Å². The molecule has 18 heavy (non-hydrogen) atoms. The minimum absolute atomic E-state index is 0.654. The molecule has 1 aromatic carbocycles. The van der Waals surface area contributed by atoms with E-state index in [1.807, 2.05) is 11.8 Å². The minimum atomic E-state index is 0.654. The zero-order valence-electron chi connectivity index (χ0n) is 11.4. The van der Waals surface area contributed by atoms with Gasteiger partial charge in [-0.05, 0) is 36.5 Å². The Balaban J connectivity index is 1.91. The summed E-state index contributed by atoms with van der Waals surface area (Å²) < 4.78 is 0. The van der Waals surface area contributed by atoms with Gasteiger partial charge < -0.3 is 5.32 Å². The molecule has 2 nitrogen and oxygen atoms in total. The van der Waals surface area contributed by atoms with E-state index in [4.69, 9.17) is 0 Å². The van der Waals surface area contributed by atoms with Crippen molar-refractivity contribution in [2.24, 2.45) is 10.9 Å². The van der Waals surface area contributed by atoms with Crippen LogP contribution in [0.2, 0.25) is 0 Å². The second-order valence-electron chi connectivity index (χ2n) is 5.19. The van der Waals surface area contributed by atoms with E-state index in [0.29, 0.717) is 5.25 Å². The van der Waals surface area contributed by atoms with Crippen LogP contribution in [0, 0.1) is 5.92 Å². The highest BCUT2D eigenvalue weighted by Gasteiger charge is 2.20. The molecule has 1 unspecified atom stereocenters.